The molecule has 1 amide bonds. The van der Waals surface area contributed by atoms with Crippen LogP contribution in [0.3, 0.4) is 0 Å². The minimum atomic E-state index is 0.0215. The van der Waals surface area contributed by atoms with Crippen LogP contribution < -0.4 is 5.32 Å². The number of hydrogen-bond donors (Lipinski definition) is 1. The summed E-state index contributed by atoms with van der Waals surface area (Å²) >= 11 is 0. The van der Waals surface area contributed by atoms with Crippen molar-refractivity contribution in [1.82, 2.24) is 15.2 Å². The number of carbonyl (C=O) groups is 1. The first-order chi connectivity index (χ1) is 10.8. The van der Waals surface area contributed by atoms with Gasteiger partial charge in [0.2, 0.25) is 5.91 Å². The molecule has 2 rings (SSSR count). The number of pyridine rings is 1. The van der Waals surface area contributed by atoms with Crippen molar-refractivity contribution in [1.29, 1.82) is 0 Å². The van der Waals surface area contributed by atoms with Crippen LogP contribution in [-0.4, -0.2) is 35.4 Å². The van der Waals surface area contributed by atoms with E-state index in [0.717, 1.165) is 12.0 Å². The maximum Gasteiger partial charge on any atom is 0.234 e. The van der Waals surface area contributed by atoms with Crippen molar-refractivity contribution in [2.24, 2.45) is 5.41 Å². The van der Waals surface area contributed by atoms with Gasteiger partial charge in [-0.1, -0.05) is 39.7 Å². The van der Waals surface area contributed by atoms with E-state index in [-0.39, 0.29) is 17.4 Å². The molecule has 0 radical (unpaired) electrons. The van der Waals surface area contributed by atoms with Crippen molar-refractivity contribution in [3.8, 4) is 0 Å². The Balaban J connectivity index is 1.97. The predicted octanol–water partition coefficient (Wildman–Crippen LogP) is 3.55. The second kappa shape index (κ2) is 7.91. The van der Waals surface area contributed by atoms with Gasteiger partial charge in [-0.15, -0.1) is 0 Å². The summed E-state index contributed by atoms with van der Waals surface area (Å²) in [5, 5.41) is 3.22. The molecule has 23 heavy (non-hydrogen) atoms. The van der Waals surface area contributed by atoms with Gasteiger partial charge >= 0.3 is 0 Å². The van der Waals surface area contributed by atoms with Crippen molar-refractivity contribution in [3.63, 3.8) is 0 Å². The fourth-order valence-electron chi connectivity index (χ4n) is 3.39. The lowest BCUT2D eigenvalue weighted by Gasteiger charge is -2.29. The van der Waals surface area contributed by atoms with Crippen LogP contribution in [0, 0.1) is 5.41 Å². The quantitative estimate of drug-likeness (QED) is 0.872. The summed E-state index contributed by atoms with van der Waals surface area (Å²) in [4.78, 5) is 18.9. The molecule has 0 bridgehead atoms. The fraction of sp³-hybridized carbons (Fsp3) is 0.684. The Hall–Kier alpha value is -1.42. The second-order valence-corrected chi connectivity index (χ2v) is 8.02. The highest BCUT2D eigenvalue weighted by atomic mass is 16.2. The molecule has 1 heterocycles. The number of hydrogen-bond acceptors (Lipinski definition) is 3. The fourth-order valence-corrected chi connectivity index (χ4v) is 3.39. The first-order valence-corrected chi connectivity index (χ1v) is 8.75. The molecule has 4 heteroatoms. The molecule has 1 atom stereocenters. The summed E-state index contributed by atoms with van der Waals surface area (Å²) in [6.45, 7) is 7.08. The average molecular weight is 317 g/mol. The van der Waals surface area contributed by atoms with E-state index < -0.39 is 0 Å². The van der Waals surface area contributed by atoms with Crippen LogP contribution in [0.1, 0.15) is 64.5 Å². The molecular formula is C19H31N3O. The monoisotopic (exact) mass is 317 g/mol. The third kappa shape index (κ3) is 5.94. The van der Waals surface area contributed by atoms with Crippen molar-refractivity contribution in [3.05, 3.63) is 30.1 Å². The Kier molecular flexibility index (Phi) is 6.17. The van der Waals surface area contributed by atoms with E-state index in [0.29, 0.717) is 12.6 Å². The second-order valence-electron chi connectivity index (χ2n) is 8.02. The number of nitrogens with one attached hydrogen (secondary N) is 1. The van der Waals surface area contributed by atoms with Crippen LogP contribution in [0.15, 0.2) is 24.5 Å². The Morgan fingerprint density at radius 3 is 2.65 bits per heavy atom. The number of rotatable bonds is 6. The molecule has 0 aliphatic heterocycles. The largest absolute Gasteiger partial charge is 0.348 e. The van der Waals surface area contributed by atoms with Crippen LogP contribution in [0.2, 0.25) is 0 Å². The summed E-state index contributed by atoms with van der Waals surface area (Å²) in [5.74, 6) is 0.109. The van der Waals surface area contributed by atoms with Gasteiger partial charge in [0.25, 0.3) is 0 Å². The Bertz CT molecular complexity index is 489. The molecule has 1 saturated carbocycles. The molecular weight excluding hydrogens is 286 g/mol. The van der Waals surface area contributed by atoms with Crippen molar-refractivity contribution < 1.29 is 4.79 Å². The highest BCUT2D eigenvalue weighted by molar-refractivity contribution is 5.78. The molecule has 1 aromatic heterocycles. The number of amides is 1. The van der Waals surface area contributed by atoms with Gasteiger partial charge < -0.3 is 5.32 Å². The Morgan fingerprint density at radius 2 is 2.09 bits per heavy atom. The number of nitrogens with zero attached hydrogens (tertiary/aromatic N) is 2. The van der Waals surface area contributed by atoms with Gasteiger partial charge in [-0.2, -0.15) is 0 Å². The molecule has 1 aromatic rings. The van der Waals surface area contributed by atoms with Gasteiger partial charge in [-0.3, -0.25) is 14.7 Å². The van der Waals surface area contributed by atoms with Crippen LogP contribution in [0.5, 0.6) is 0 Å². The van der Waals surface area contributed by atoms with Gasteiger partial charge in [0, 0.05) is 18.4 Å². The summed E-state index contributed by atoms with van der Waals surface area (Å²) in [5.41, 5.74) is 1.23. The summed E-state index contributed by atoms with van der Waals surface area (Å²) in [6, 6.07) is 4.57. The molecule has 0 saturated heterocycles. The van der Waals surface area contributed by atoms with Crippen molar-refractivity contribution in [2.45, 2.75) is 65.0 Å². The molecule has 0 aromatic carbocycles. The first-order valence-electron chi connectivity index (χ1n) is 8.75. The van der Waals surface area contributed by atoms with Gasteiger partial charge in [0.05, 0.1) is 12.6 Å². The molecule has 0 spiro atoms. The van der Waals surface area contributed by atoms with Crippen LogP contribution in [0.4, 0.5) is 0 Å². The summed E-state index contributed by atoms with van der Waals surface area (Å²) < 4.78 is 0. The average Bonchev–Trinajstić information content (AvgIpc) is 3.00. The zero-order valence-electron chi connectivity index (χ0n) is 15.0. The van der Waals surface area contributed by atoms with Crippen molar-refractivity contribution in [2.75, 3.05) is 13.6 Å². The lowest BCUT2D eigenvalue weighted by molar-refractivity contribution is -0.123. The lowest BCUT2D eigenvalue weighted by atomic mass is 9.86. The SMILES string of the molecule is CN(CC(=O)N[C@H](CC(C)(C)C)c1cccnc1)C1CCCC1. The number of aromatic nitrogens is 1. The number of likely N-dealkylation sites (N-methyl/N-ethyl adjacent to an activating group) is 1. The van der Waals surface area contributed by atoms with E-state index in [1.54, 1.807) is 6.20 Å². The van der Waals surface area contributed by atoms with E-state index in [1.165, 1.54) is 25.7 Å². The third-order valence-electron chi connectivity index (χ3n) is 4.58. The van der Waals surface area contributed by atoms with E-state index >= 15 is 0 Å². The van der Waals surface area contributed by atoms with E-state index in [2.05, 4.69) is 43.0 Å². The zero-order chi connectivity index (χ0) is 16.9. The minimum absolute atomic E-state index is 0.0215. The Labute approximate surface area is 140 Å². The molecule has 1 fully saturated rings. The van der Waals surface area contributed by atoms with Gasteiger partial charge in [0.1, 0.15) is 0 Å². The van der Waals surface area contributed by atoms with Crippen LogP contribution >= 0.6 is 0 Å². The van der Waals surface area contributed by atoms with E-state index in [4.69, 9.17) is 0 Å². The first kappa shape index (κ1) is 17.9. The maximum atomic E-state index is 12.5. The van der Waals surface area contributed by atoms with Crippen LogP contribution in [0.25, 0.3) is 0 Å². The smallest absolute Gasteiger partial charge is 0.234 e. The van der Waals surface area contributed by atoms with E-state index in [1.807, 2.05) is 18.3 Å². The zero-order valence-corrected chi connectivity index (χ0v) is 15.0. The van der Waals surface area contributed by atoms with E-state index in [9.17, 15) is 4.79 Å². The van der Waals surface area contributed by atoms with Crippen LogP contribution in [-0.2, 0) is 4.79 Å². The summed E-state index contributed by atoms with van der Waals surface area (Å²) in [6.07, 6.45) is 9.55. The topological polar surface area (TPSA) is 45.2 Å². The molecule has 128 valence electrons. The molecule has 1 N–H and O–H groups in total. The molecule has 1 aliphatic carbocycles. The maximum absolute atomic E-state index is 12.5. The predicted molar refractivity (Wildman–Crippen MR) is 94.1 cm³/mol. The molecule has 4 nitrogen and oxygen atoms in total. The van der Waals surface area contributed by atoms with Gasteiger partial charge in [-0.25, -0.2) is 0 Å². The van der Waals surface area contributed by atoms with Crippen molar-refractivity contribution >= 4 is 5.91 Å². The lowest BCUT2D eigenvalue weighted by Crippen LogP contribution is -2.41. The highest BCUT2D eigenvalue weighted by Gasteiger charge is 2.25. The molecule has 0 unspecified atom stereocenters. The number of carbonyl (C=O) groups excluding carboxylic acids is 1. The third-order valence-corrected chi connectivity index (χ3v) is 4.58. The molecule has 1 aliphatic rings. The van der Waals surface area contributed by atoms with Gasteiger partial charge in [0.15, 0.2) is 0 Å². The normalized spacial score (nSPS) is 17.4. The Morgan fingerprint density at radius 1 is 1.39 bits per heavy atom. The minimum Gasteiger partial charge on any atom is -0.348 e. The summed E-state index contributed by atoms with van der Waals surface area (Å²) in [7, 11) is 2.07. The van der Waals surface area contributed by atoms with Gasteiger partial charge in [-0.05, 0) is 43.4 Å². The highest BCUT2D eigenvalue weighted by Crippen LogP contribution is 2.29. The standard InChI is InChI=1S/C19H31N3O/c1-19(2,3)12-17(15-8-7-11-20-13-15)21-18(23)14-22(4)16-9-5-6-10-16/h7-8,11,13,16-17H,5-6,9-10,12,14H2,1-4H3,(H,21,23)/t17-/m1/s1.